The van der Waals surface area contributed by atoms with Crippen LogP contribution < -0.4 is 4.74 Å². The second kappa shape index (κ2) is 8.38. The van der Waals surface area contributed by atoms with E-state index in [4.69, 9.17) is 9.47 Å². The van der Waals surface area contributed by atoms with Crippen LogP contribution in [0.1, 0.15) is 77.3 Å². The molecule has 5 atom stereocenters. The van der Waals surface area contributed by atoms with Crippen LogP contribution in [0.3, 0.4) is 0 Å². The Labute approximate surface area is 183 Å². The zero-order valence-corrected chi connectivity index (χ0v) is 19.4. The molecule has 162 valence electrons. The van der Waals surface area contributed by atoms with Gasteiger partial charge in [-0.15, -0.1) is 0 Å². The summed E-state index contributed by atoms with van der Waals surface area (Å²) in [6.07, 6.45) is 5.67. The molecular weight excluding hydrogens is 368 g/mol. The van der Waals surface area contributed by atoms with E-state index in [0.717, 1.165) is 30.9 Å². The fourth-order valence-corrected chi connectivity index (χ4v) is 5.71. The van der Waals surface area contributed by atoms with Crippen LogP contribution in [0.5, 0.6) is 5.75 Å². The molecule has 2 heteroatoms. The molecule has 4 rings (SSSR count). The Morgan fingerprint density at radius 2 is 1.70 bits per heavy atom. The van der Waals surface area contributed by atoms with Gasteiger partial charge in [-0.3, -0.25) is 0 Å². The summed E-state index contributed by atoms with van der Waals surface area (Å²) in [7, 11) is 0. The van der Waals surface area contributed by atoms with E-state index in [1.165, 1.54) is 24.0 Å². The first-order chi connectivity index (χ1) is 14.3. The molecule has 0 saturated heterocycles. The smallest absolute Gasteiger partial charge is 0.204 e. The largest absolute Gasteiger partial charge is 0.465 e. The molecule has 0 radical (unpaired) electrons. The summed E-state index contributed by atoms with van der Waals surface area (Å²) in [5.41, 5.74) is 3.20. The van der Waals surface area contributed by atoms with Crippen molar-refractivity contribution in [2.45, 2.75) is 85.0 Å². The van der Waals surface area contributed by atoms with Crippen molar-refractivity contribution in [3.05, 3.63) is 65.7 Å². The Morgan fingerprint density at radius 3 is 2.27 bits per heavy atom. The summed E-state index contributed by atoms with van der Waals surface area (Å²) in [6.45, 7) is 11.8. The highest BCUT2D eigenvalue weighted by atomic mass is 16.7. The monoisotopic (exact) mass is 406 g/mol. The summed E-state index contributed by atoms with van der Waals surface area (Å²) in [6, 6.07) is 19.2. The lowest BCUT2D eigenvalue weighted by Crippen LogP contribution is -2.41. The van der Waals surface area contributed by atoms with E-state index in [1.54, 1.807) is 0 Å². The maximum Gasteiger partial charge on any atom is 0.204 e. The number of benzene rings is 2. The number of rotatable bonds is 8. The van der Waals surface area contributed by atoms with E-state index in [2.05, 4.69) is 89.2 Å². The zero-order chi connectivity index (χ0) is 21.4. The SMILES string of the molecule is CCC(C)c1ccc(OC(Cc2ccccc2)OC2CC3CCC2(C)C3(C)C)cc1. The van der Waals surface area contributed by atoms with Crippen molar-refractivity contribution in [3.8, 4) is 5.75 Å². The lowest BCUT2D eigenvalue weighted by molar-refractivity contribution is -0.158. The molecule has 0 spiro atoms. The van der Waals surface area contributed by atoms with Crippen LogP contribution >= 0.6 is 0 Å². The molecule has 0 aromatic heterocycles. The van der Waals surface area contributed by atoms with Gasteiger partial charge in [-0.1, -0.05) is 77.1 Å². The highest BCUT2D eigenvalue weighted by molar-refractivity contribution is 5.29. The van der Waals surface area contributed by atoms with E-state index >= 15 is 0 Å². The molecule has 2 aliphatic rings. The summed E-state index contributed by atoms with van der Waals surface area (Å²) >= 11 is 0. The van der Waals surface area contributed by atoms with Gasteiger partial charge in [-0.25, -0.2) is 0 Å². The second-order valence-electron chi connectivity index (χ2n) is 10.4. The van der Waals surface area contributed by atoms with Crippen LogP contribution in [0.4, 0.5) is 0 Å². The normalized spacial score (nSPS) is 29.0. The number of fused-ring (bicyclic) bond motifs is 2. The average molecular weight is 407 g/mol. The number of hydrogen-bond acceptors (Lipinski definition) is 2. The zero-order valence-electron chi connectivity index (χ0n) is 19.4. The Morgan fingerprint density at radius 1 is 1.00 bits per heavy atom. The first-order valence-electron chi connectivity index (χ1n) is 11.8. The third-order valence-corrected chi connectivity index (χ3v) is 8.60. The van der Waals surface area contributed by atoms with E-state index in [-0.39, 0.29) is 17.8 Å². The van der Waals surface area contributed by atoms with Gasteiger partial charge >= 0.3 is 0 Å². The minimum atomic E-state index is -0.265. The van der Waals surface area contributed by atoms with Gasteiger partial charge in [-0.2, -0.15) is 0 Å². The summed E-state index contributed by atoms with van der Waals surface area (Å²) in [4.78, 5) is 0. The van der Waals surface area contributed by atoms with E-state index in [1.807, 2.05) is 0 Å². The van der Waals surface area contributed by atoms with Crippen LogP contribution in [0, 0.1) is 16.7 Å². The van der Waals surface area contributed by atoms with Gasteiger partial charge in [0.05, 0.1) is 6.10 Å². The predicted octanol–water partition coefficient (Wildman–Crippen LogP) is 7.38. The number of ether oxygens (including phenoxy) is 2. The first kappa shape index (κ1) is 21.4. The molecule has 0 N–H and O–H groups in total. The first-order valence-corrected chi connectivity index (χ1v) is 11.8. The van der Waals surface area contributed by atoms with Crippen molar-refractivity contribution in [2.75, 3.05) is 0 Å². The Hall–Kier alpha value is -1.80. The summed E-state index contributed by atoms with van der Waals surface area (Å²) in [5.74, 6) is 2.24. The standard InChI is InChI=1S/C28H38O2/c1-6-20(2)22-12-14-24(15-13-22)29-26(18-21-10-8-7-9-11-21)30-25-19-23-16-17-28(25,5)27(23,3)4/h7-15,20,23,25-26H,6,16-19H2,1-5H3. The van der Waals surface area contributed by atoms with E-state index < -0.39 is 0 Å². The molecule has 2 saturated carbocycles. The average Bonchev–Trinajstić information content (AvgIpc) is 3.08. The quantitative estimate of drug-likeness (QED) is 0.426. The molecule has 0 heterocycles. The summed E-state index contributed by atoms with van der Waals surface area (Å²) < 4.78 is 13.2. The third-order valence-electron chi connectivity index (χ3n) is 8.60. The minimum absolute atomic E-state index is 0.233. The van der Waals surface area contributed by atoms with Gasteiger partial charge in [0.25, 0.3) is 0 Å². The molecule has 0 aliphatic heterocycles. The fraction of sp³-hybridized carbons (Fsp3) is 0.571. The topological polar surface area (TPSA) is 18.5 Å². The molecule has 2 aromatic rings. The molecular formula is C28H38O2. The second-order valence-corrected chi connectivity index (χ2v) is 10.4. The van der Waals surface area contributed by atoms with Crippen LogP contribution in [-0.2, 0) is 11.2 Å². The molecule has 5 unspecified atom stereocenters. The predicted molar refractivity (Wildman–Crippen MR) is 124 cm³/mol. The van der Waals surface area contributed by atoms with Crippen LogP contribution in [0.25, 0.3) is 0 Å². The van der Waals surface area contributed by atoms with Crippen molar-refractivity contribution in [1.82, 2.24) is 0 Å². The molecule has 2 fully saturated rings. The van der Waals surface area contributed by atoms with Gasteiger partial charge in [-0.05, 0) is 71.6 Å². The van der Waals surface area contributed by atoms with Crippen molar-refractivity contribution in [2.24, 2.45) is 16.7 Å². The van der Waals surface area contributed by atoms with Crippen molar-refractivity contribution < 1.29 is 9.47 Å². The Balaban J connectivity index is 1.52. The van der Waals surface area contributed by atoms with Crippen molar-refractivity contribution in [1.29, 1.82) is 0 Å². The molecule has 30 heavy (non-hydrogen) atoms. The molecule has 2 aliphatic carbocycles. The van der Waals surface area contributed by atoms with Crippen molar-refractivity contribution >= 4 is 0 Å². The lowest BCUT2D eigenvalue weighted by Gasteiger charge is -2.40. The van der Waals surface area contributed by atoms with Gasteiger partial charge < -0.3 is 9.47 Å². The molecule has 2 nitrogen and oxygen atoms in total. The molecule has 2 aromatic carbocycles. The van der Waals surface area contributed by atoms with Crippen LogP contribution in [-0.4, -0.2) is 12.4 Å². The van der Waals surface area contributed by atoms with Gasteiger partial charge in [0, 0.05) is 6.42 Å². The van der Waals surface area contributed by atoms with Gasteiger partial charge in [0.15, 0.2) is 0 Å². The van der Waals surface area contributed by atoms with Crippen molar-refractivity contribution in [3.63, 3.8) is 0 Å². The highest BCUT2D eigenvalue weighted by Gasteiger charge is 2.62. The lowest BCUT2D eigenvalue weighted by atomic mass is 9.70. The van der Waals surface area contributed by atoms with Gasteiger partial charge in [0.2, 0.25) is 6.29 Å². The van der Waals surface area contributed by atoms with Gasteiger partial charge in [0.1, 0.15) is 5.75 Å². The maximum atomic E-state index is 6.77. The fourth-order valence-electron chi connectivity index (χ4n) is 5.71. The minimum Gasteiger partial charge on any atom is -0.465 e. The summed E-state index contributed by atoms with van der Waals surface area (Å²) in [5, 5.41) is 0. The Kier molecular flexibility index (Phi) is 5.99. The molecule has 2 bridgehead atoms. The number of hydrogen-bond donors (Lipinski definition) is 0. The highest BCUT2D eigenvalue weighted by Crippen LogP contribution is 2.66. The van der Waals surface area contributed by atoms with Crippen LogP contribution in [0.15, 0.2) is 54.6 Å². The Bertz CT molecular complexity index is 825. The third kappa shape index (κ3) is 3.91. The van der Waals surface area contributed by atoms with E-state index in [9.17, 15) is 0 Å². The van der Waals surface area contributed by atoms with E-state index in [0.29, 0.717) is 11.3 Å². The maximum absolute atomic E-state index is 6.77. The van der Waals surface area contributed by atoms with Crippen LogP contribution in [0.2, 0.25) is 0 Å². The molecule has 0 amide bonds.